The van der Waals surface area contributed by atoms with Gasteiger partial charge in [0, 0.05) is 24.9 Å². The van der Waals surface area contributed by atoms with Gasteiger partial charge in [0.25, 0.3) is 5.56 Å². The Morgan fingerprint density at radius 1 is 1.03 bits per heavy atom. The molecule has 0 saturated carbocycles. The molecule has 8 heteroatoms. The Morgan fingerprint density at radius 2 is 1.83 bits per heavy atom. The molecule has 1 N–H and O–H groups in total. The molecule has 0 aliphatic carbocycles. The number of methoxy groups -OCH3 is 1. The van der Waals surface area contributed by atoms with Crippen molar-refractivity contribution < 1.29 is 4.74 Å². The van der Waals surface area contributed by atoms with Gasteiger partial charge in [0.2, 0.25) is 5.78 Å². The maximum absolute atomic E-state index is 12.6. The number of rotatable bonds is 3. The second kappa shape index (κ2) is 6.23. The van der Waals surface area contributed by atoms with E-state index in [1.54, 1.807) is 18.6 Å². The Hall–Kier alpha value is -4.07. The minimum Gasteiger partial charge on any atom is -0.497 e. The first-order valence-corrected chi connectivity index (χ1v) is 9.01. The molecule has 2 aromatic carbocycles. The van der Waals surface area contributed by atoms with Gasteiger partial charge in [0.15, 0.2) is 11.2 Å². The Kier molecular flexibility index (Phi) is 3.67. The van der Waals surface area contributed by atoms with E-state index >= 15 is 0 Å². The predicted molar refractivity (Wildman–Crippen MR) is 110 cm³/mol. The van der Waals surface area contributed by atoms with E-state index in [1.165, 1.54) is 4.57 Å². The van der Waals surface area contributed by atoms with Crippen molar-refractivity contribution in [2.24, 2.45) is 7.05 Å². The SMILES string of the molecule is COc1cccc(-n2c(-c3ccccc3)cn3c4c(=O)[nH]c(=O)n(C)c4nc23)c1. The number of aromatic amines is 1. The summed E-state index contributed by atoms with van der Waals surface area (Å²) in [4.78, 5) is 31.6. The zero-order valence-corrected chi connectivity index (χ0v) is 15.8. The van der Waals surface area contributed by atoms with Gasteiger partial charge in [-0.3, -0.25) is 23.3 Å². The highest BCUT2D eigenvalue weighted by Crippen LogP contribution is 2.29. The first kappa shape index (κ1) is 17.1. The molecule has 3 heterocycles. The van der Waals surface area contributed by atoms with Gasteiger partial charge in [0.05, 0.1) is 18.5 Å². The minimum atomic E-state index is -0.500. The average Bonchev–Trinajstić information content (AvgIpc) is 3.29. The quantitative estimate of drug-likeness (QED) is 0.515. The largest absolute Gasteiger partial charge is 0.497 e. The molecule has 5 rings (SSSR count). The van der Waals surface area contributed by atoms with Gasteiger partial charge >= 0.3 is 5.69 Å². The van der Waals surface area contributed by atoms with E-state index < -0.39 is 11.2 Å². The lowest BCUT2D eigenvalue weighted by atomic mass is 10.1. The van der Waals surface area contributed by atoms with Crippen LogP contribution in [0, 0.1) is 0 Å². The molecule has 0 bridgehead atoms. The van der Waals surface area contributed by atoms with Crippen LogP contribution < -0.4 is 16.0 Å². The molecule has 0 saturated heterocycles. The van der Waals surface area contributed by atoms with Crippen LogP contribution in [-0.4, -0.2) is 30.6 Å². The summed E-state index contributed by atoms with van der Waals surface area (Å²) in [5.74, 6) is 1.23. The number of benzene rings is 2. The van der Waals surface area contributed by atoms with E-state index in [0.717, 1.165) is 16.9 Å². The summed E-state index contributed by atoms with van der Waals surface area (Å²) >= 11 is 0. The summed E-state index contributed by atoms with van der Waals surface area (Å²) in [7, 11) is 3.20. The van der Waals surface area contributed by atoms with Crippen molar-refractivity contribution in [1.29, 1.82) is 0 Å². The van der Waals surface area contributed by atoms with Crippen molar-refractivity contribution in [3.8, 4) is 22.7 Å². The van der Waals surface area contributed by atoms with Gasteiger partial charge in [-0.2, -0.15) is 4.98 Å². The molecule has 144 valence electrons. The summed E-state index contributed by atoms with van der Waals surface area (Å²) < 4.78 is 10.4. The molecular formula is C21H17N5O3. The number of H-pyrrole nitrogens is 1. The van der Waals surface area contributed by atoms with Gasteiger partial charge in [-0.15, -0.1) is 0 Å². The van der Waals surface area contributed by atoms with Crippen molar-refractivity contribution in [2.45, 2.75) is 0 Å². The third kappa shape index (κ3) is 2.49. The lowest BCUT2D eigenvalue weighted by molar-refractivity contribution is 0.414. The fourth-order valence-electron chi connectivity index (χ4n) is 3.57. The smallest absolute Gasteiger partial charge is 0.329 e. The van der Waals surface area contributed by atoms with Crippen molar-refractivity contribution >= 4 is 16.9 Å². The maximum atomic E-state index is 12.6. The van der Waals surface area contributed by atoms with Gasteiger partial charge < -0.3 is 4.74 Å². The highest BCUT2D eigenvalue weighted by Gasteiger charge is 2.20. The summed E-state index contributed by atoms with van der Waals surface area (Å²) in [5.41, 5.74) is 2.32. The van der Waals surface area contributed by atoms with Gasteiger partial charge in [-0.05, 0) is 12.1 Å². The zero-order valence-electron chi connectivity index (χ0n) is 15.8. The van der Waals surface area contributed by atoms with Crippen molar-refractivity contribution in [2.75, 3.05) is 7.11 Å². The van der Waals surface area contributed by atoms with Crippen molar-refractivity contribution in [3.05, 3.63) is 81.6 Å². The maximum Gasteiger partial charge on any atom is 0.329 e. The van der Waals surface area contributed by atoms with E-state index in [4.69, 9.17) is 4.74 Å². The third-order valence-electron chi connectivity index (χ3n) is 5.01. The molecule has 3 aromatic heterocycles. The summed E-state index contributed by atoms with van der Waals surface area (Å²) in [5, 5.41) is 0. The van der Waals surface area contributed by atoms with E-state index in [2.05, 4.69) is 9.97 Å². The highest BCUT2D eigenvalue weighted by molar-refractivity contribution is 5.79. The first-order valence-electron chi connectivity index (χ1n) is 9.01. The summed E-state index contributed by atoms with van der Waals surface area (Å²) in [6.45, 7) is 0. The van der Waals surface area contributed by atoms with Crippen LogP contribution in [0.1, 0.15) is 0 Å². The van der Waals surface area contributed by atoms with Crippen LogP contribution in [0.25, 0.3) is 33.9 Å². The van der Waals surface area contributed by atoms with E-state index in [1.807, 2.05) is 65.4 Å². The molecule has 0 aliphatic rings. The van der Waals surface area contributed by atoms with Gasteiger partial charge in [0.1, 0.15) is 5.75 Å². The molecule has 0 aliphatic heterocycles. The topological polar surface area (TPSA) is 86.3 Å². The van der Waals surface area contributed by atoms with Crippen LogP contribution >= 0.6 is 0 Å². The predicted octanol–water partition coefficient (Wildman–Crippen LogP) is 2.34. The second-order valence-electron chi connectivity index (χ2n) is 6.69. The van der Waals surface area contributed by atoms with Crippen LogP contribution in [0.4, 0.5) is 0 Å². The molecule has 0 fully saturated rings. The first-order chi connectivity index (χ1) is 14.1. The summed E-state index contributed by atoms with van der Waals surface area (Å²) in [6, 6.07) is 17.4. The number of aryl methyl sites for hydroxylation is 1. The number of hydrogen-bond donors (Lipinski definition) is 1. The minimum absolute atomic E-state index is 0.320. The van der Waals surface area contributed by atoms with E-state index in [9.17, 15) is 9.59 Å². The Balaban J connectivity index is 1.95. The molecule has 0 unspecified atom stereocenters. The lowest BCUT2D eigenvalue weighted by Crippen LogP contribution is -2.28. The van der Waals surface area contributed by atoms with Crippen LogP contribution in [-0.2, 0) is 7.05 Å². The third-order valence-corrected chi connectivity index (χ3v) is 5.01. The van der Waals surface area contributed by atoms with E-state index in [-0.39, 0.29) is 0 Å². The average molecular weight is 387 g/mol. The number of fused-ring (bicyclic) bond motifs is 3. The molecule has 29 heavy (non-hydrogen) atoms. The normalized spacial score (nSPS) is 11.4. The molecule has 8 nitrogen and oxygen atoms in total. The number of nitrogens with zero attached hydrogens (tertiary/aromatic N) is 4. The molecule has 5 aromatic rings. The van der Waals surface area contributed by atoms with Crippen LogP contribution in [0.15, 0.2) is 70.4 Å². The molecule has 0 amide bonds. The number of hydrogen-bond acceptors (Lipinski definition) is 4. The number of aromatic nitrogens is 5. The molecule has 0 radical (unpaired) electrons. The van der Waals surface area contributed by atoms with Gasteiger partial charge in [-0.25, -0.2) is 4.79 Å². The Bertz CT molecular complexity index is 1490. The zero-order chi connectivity index (χ0) is 20.1. The molecule has 0 atom stereocenters. The number of ether oxygens (including phenoxy) is 1. The number of imidazole rings is 2. The van der Waals surface area contributed by atoms with E-state index in [0.29, 0.717) is 22.7 Å². The van der Waals surface area contributed by atoms with Gasteiger partial charge in [-0.1, -0.05) is 36.4 Å². The molecular weight excluding hydrogens is 370 g/mol. The van der Waals surface area contributed by atoms with Crippen LogP contribution in [0.5, 0.6) is 5.75 Å². The summed E-state index contributed by atoms with van der Waals surface area (Å²) in [6.07, 6.45) is 1.86. The monoisotopic (exact) mass is 387 g/mol. The Labute approximate surface area is 164 Å². The van der Waals surface area contributed by atoms with Crippen molar-refractivity contribution in [1.82, 2.24) is 23.5 Å². The van der Waals surface area contributed by atoms with Crippen LogP contribution in [0.2, 0.25) is 0 Å². The fraction of sp³-hybridized carbons (Fsp3) is 0.0952. The Morgan fingerprint density at radius 3 is 2.59 bits per heavy atom. The highest BCUT2D eigenvalue weighted by atomic mass is 16.5. The second-order valence-corrected chi connectivity index (χ2v) is 6.69. The number of nitrogens with one attached hydrogen (secondary N) is 1. The standard InChI is InChI=1S/C21H17N5O3/c1-24-18-17(19(27)23-21(24)28)25-12-16(13-7-4-3-5-8-13)26(20(25)22-18)14-9-6-10-15(11-14)29-2/h3-12H,1-2H3,(H,23,27,28). The van der Waals surface area contributed by atoms with Crippen LogP contribution in [0.3, 0.4) is 0 Å². The lowest BCUT2D eigenvalue weighted by Gasteiger charge is -2.10. The fourth-order valence-corrected chi connectivity index (χ4v) is 3.57. The van der Waals surface area contributed by atoms with Crippen molar-refractivity contribution in [3.63, 3.8) is 0 Å². The molecule has 0 spiro atoms.